The van der Waals surface area contributed by atoms with Crippen LogP contribution in [0.1, 0.15) is 25.3 Å². The molecule has 0 aliphatic rings. The Hall–Kier alpha value is -1.12. The molecule has 0 saturated carbocycles. The van der Waals surface area contributed by atoms with E-state index in [2.05, 4.69) is 38.4 Å². The van der Waals surface area contributed by atoms with Crippen molar-refractivity contribution < 1.29 is 4.79 Å². The van der Waals surface area contributed by atoms with E-state index in [1.165, 1.54) is 23.1 Å². The van der Waals surface area contributed by atoms with Crippen LogP contribution in [0.2, 0.25) is 0 Å². The summed E-state index contributed by atoms with van der Waals surface area (Å²) >= 11 is 6.34. The summed E-state index contributed by atoms with van der Waals surface area (Å²) in [5.41, 5.74) is 1.11. The van der Waals surface area contributed by atoms with Gasteiger partial charge in [-0.2, -0.15) is 0 Å². The van der Waals surface area contributed by atoms with Crippen molar-refractivity contribution in [3.8, 4) is 0 Å². The van der Waals surface area contributed by atoms with Crippen molar-refractivity contribution in [2.75, 3.05) is 24.7 Å². The Bertz CT molecular complexity index is 648. The van der Waals surface area contributed by atoms with Crippen LogP contribution >= 0.6 is 39.0 Å². The molecule has 8 heteroatoms. The van der Waals surface area contributed by atoms with Gasteiger partial charge < -0.3 is 10.2 Å². The zero-order valence-corrected chi connectivity index (χ0v) is 17.0. The highest BCUT2D eigenvalue weighted by Gasteiger charge is 2.12. The number of anilines is 1. The molecule has 1 aromatic heterocycles. The van der Waals surface area contributed by atoms with E-state index in [1.54, 1.807) is 4.90 Å². The van der Waals surface area contributed by atoms with Crippen molar-refractivity contribution in [1.29, 1.82) is 0 Å². The van der Waals surface area contributed by atoms with Crippen molar-refractivity contribution in [3.63, 3.8) is 0 Å². The van der Waals surface area contributed by atoms with Gasteiger partial charge in [-0.15, -0.1) is 10.2 Å². The lowest BCUT2D eigenvalue weighted by molar-refractivity contribution is -0.127. The lowest BCUT2D eigenvalue weighted by Gasteiger charge is -2.16. The zero-order chi connectivity index (χ0) is 17.4. The first-order valence-electron chi connectivity index (χ1n) is 7.77. The smallest absolute Gasteiger partial charge is 0.233 e. The number of halogens is 1. The minimum absolute atomic E-state index is 0.0820. The molecule has 0 spiro atoms. The molecular weight excluding hydrogens is 408 g/mol. The van der Waals surface area contributed by atoms with Crippen LogP contribution in [0.15, 0.2) is 33.1 Å². The molecule has 0 aliphatic carbocycles. The first-order valence-corrected chi connectivity index (χ1v) is 10.4. The quantitative estimate of drug-likeness (QED) is 0.477. The Morgan fingerprint density at radius 3 is 2.79 bits per heavy atom. The van der Waals surface area contributed by atoms with Gasteiger partial charge in [0.1, 0.15) is 0 Å². The predicted molar refractivity (Wildman–Crippen MR) is 105 cm³/mol. The molecule has 2 rings (SSSR count). The van der Waals surface area contributed by atoms with E-state index >= 15 is 0 Å². The van der Waals surface area contributed by atoms with Gasteiger partial charge >= 0.3 is 0 Å². The van der Waals surface area contributed by atoms with Crippen LogP contribution in [-0.2, 0) is 11.3 Å². The van der Waals surface area contributed by atoms with Gasteiger partial charge in [0.25, 0.3) is 0 Å². The van der Waals surface area contributed by atoms with E-state index in [0.717, 1.165) is 38.9 Å². The number of aromatic nitrogens is 2. The van der Waals surface area contributed by atoms with Crippen LogP contribution in [-0.4, -0.2) is 40.3 Å². The Labute approximate surface area is 159 Å². The predicted octanol–water partition coefficient (Wildman–Crippen LogP) is 4.26. The second-order valence-corrected chi connectivity index (χ2v) is 8.43. The zero-order valence-electron chi connectivity index (χ0n) is 13.8. The van der Waals surface area contributed by atoms with E-state index in [1.807, 2.05) is 31.3 Å². The number of amides is 1. The molecular formula is C16H21BrN4OS2. The fourth-order valence-electron chi connectivity index (χ4n) is 1.90. The summed E-state index contributed by atoms with van der Waals surface area (Å²) < 4.78 is 1.86. The van der Waals surface area contributed by atoms with Crippen molar-refractivity contribution in [1.82, 2.24) is 15.1 Å². The Balaban J connectivity index is 1.76. The molecule has 0 radical (unpaired) electrons. The largest absolute Gasteiger partial charge is 0.360 e. The lowest BCUT2D eigenvalue weighted by atomic mass is 10.2. The highest BCUT2D eigenvalue weighted by atomic mass is 79.9. The molecule has 0 saturated heterocycles. The number of nitrogens with one attached hydrogen (secondary N) is 1. The van der Waals surface area contributed by atoms with Crippen LogP contribution in [0.4, 0.5) is 5.13 Å². The normalized spacial score (nSPS) is 10.6. The maximum absolute atomic E-state index is 12.2. The molecule has 1 amide bonds. The van der Waals surface area contributed by atoms with Gasteiger partial charge in [0.15, 0.2) is 4.34 Å². The minimum atomic E-state index is 0.0820. The summed E-state index contributed by atoms with van der Waals surface area (Å²) in [4.78, 5) is 14.0. The second-order valence-electron chi connectivity index (χ2n) is 5.32. The summed E-state index contributed by atoms with van der Waals surface area (Å²) in [6.45, 7) is 3.66. The fraction of sp³-hybridized carbons (Fsp3) is 0.438. The van der Waals surface area contributed by atoms with Gasteiger partial charge in [-0.3, -0.25) is 4.79 Å². The van der Waals surface area contributed by atoms with Gasteiger partial charge in [0.2, 0.25) is 11.0 Å². The lowest BCUT2D eigenvalue weighted by Crippen LogP contribution is -2.27. The van der Waals surface area contributed by atoms with Crippen molar-refractivity contribution in [2.45, 2.75) is 30.6 Å². The minimum Gasteiger partial charge on any atom is -0.360 e. The molecule has 24 heavy (non-hydrogen) atoms. The number of unbranched alkanes of at least 4 members (excludes halogenated alkanes) is 1. The Morgan fingerprint density at radius 2 is 2.08 bits per heavy atom. The number of carbonyl (C=O) groups is 1. The molecule has 130 valence electrons. The fourth-order valence-corrected chi connectivity index (χ4v) is 3.88. The molecule has 0 unspecified atom stereocenters. The van der Waals surface area contributed by atoms with Gasteiger partial charge in [-0.05, 0) is 24.1 Å². The van der Waals surface area contributed by atoms with Crippen LogP contribution < -0.4 is 5.32 Å². The van der Waals surface area contributed by atoms with E-state index in [9.17, 15) is 4.79 Å². The van der Waals surface area contributed by atoms with E-state index < -0.39 is 0 Å². The Kier molecular flexibility index (Phi) is 8.01. The molecule has 2 aromatic rings. The Morgan fingerprint density at radius 1 is 1.33 bits per heavy atom. The van der Waals surface area contributed by atoms with Crippen LogP contribution in [0.5, 0.6) is 0 Å². The number of nitrogens with zero attached hydrogens (tertiary/aromatic N) is 3. The molecule has 0 bridgehead atoms. The molecule has 1 aromatic carbocycles. The molecule has 0 atom stereocenters. The standard InChI is InChI=1S/C16H21BrN4OS2/c1-3-4-9-18-15-19-20-16(24-15)23-11-14(22)21(2)10-12-5-7-13(17)8-6-12/h5-8H,3-4,9-11H2,1-2H3,(H,18,19). The number of benzene rings is 1. The van der Waals surface area contributed by atoms with Gasteiger partial charge in [-0.1, -0.05) is 64.5 Å². The number of carbonyl (C=O) groups excluding carboxylic acids is 1. The number of rotatable bonds is 9. The number of thioether (sulfide) groups is 1. The summed E-state index contributed by atoms with van der Waals surface area (Å²) in [6, 6.07) is 7.99. The third-order valence-corrected chi connectivity index (χ3v) is 5.82. The van der Waals surface area contributed by atoms with Gasteiger partial charge in [-0.25, -0.2) is 0 Å². The third kappa shape index (κ3) is 6.41. The number of hydrogen-bond acceptors (Lipinski definition) is 6. The maximum Gasteiger partial charge on any atom is 0.233 e. The molecule has 0 fully saturated rings. The van der Waals surface area contributed by atoms with Crippen LogP contribution in [0.25, 0.3) is 0 Å². The number of hydrogen-bond donors (Lipinski definition) is 1. The third-order valence-electron chi connectivity index (χ3n) is 3.29. The second kappa shape index (κ2) is 10.0. The first-order chi connectivity index (χ1) is 11.6. The van der Waals surface area contributed by atoms with Crippen molar-refractivity contribution in [2.24, 2.45) is 0 Å². The summed E-state index contributed by atoms with van der Waals surface area (Å²) in [6.07, 6.45) is 2.26. The van der Waals surface area contributed by atoms with Crippen molar-refractivity contribution >= 4 is 50.1 Å². The van der Waals surface area contributed by atoms with Crippen LogP contribution in [0, 0.1) is 0 Å². The highest BCUT2D eigenvalue weighted by molar-refractivity contribution is 9.10. The van der Waals surface area contributed by atoms with E-state index in [0.29, 0.717) is 12.3 Å². The summed E-state index contributed by atoms with van der Waals surface area (Å²) in [5.74, 6) is 0.454. The van der Waals surface area contributed by atoms with Crippen molar-refractivity contribution in [3.05, 3.63) is 34.3 Å². The summed E-state index contributed by atoms with van der Waals surface area (Å²) in [7, 11) is 1.82. The summed E-state index contributed by atoms with van der Waals surface area (Å²) in [5, 5.41) is 12.3. The maximum atomic E-state index is 12.2. The van der Waals surface area contributed by atoms with Gasteiger partial charge in [0, 0.05) is 24.6 Å². The molecule has 0 aliphatic heterocycles. The molecule has 1 N–H and O–H groups in total. The van der Waals surface area contributed by atoms with Gasteiger partial charge in [0.05, 0.1) is 5.75 Å². The first kappa shape index (κ1) is 19.2. The highest BCUT2D eigenvalue weighted by Crippen LogP contribution is 2.25. The molecule has 1 heterocycles. The topological polar surface area (TPSA) is 58.1 Å². The van der Waals surface area contributed by atoms with E-state index in [-0.39, 0.29) is 5.91 Å². The average molecular weight is 429 g/mol. The average Bonchev–Trinajstić information content (AvgIpc) is 3.03. The molecule has 5 nitrogen and oxygen atoms in total. The SMILES string of the molecule is CCCCNc1nnc(SCC(=O)N(C)Cc2ccc(Br)cc2)s1. The monoisotopic (exact) mass is 428 g/mol. The van der Waals surface area contributed by atoms with E-state index in [4.69, 9.17) is 0 Å². The van der Waals surface area contributed by atoms with Crippen LogP contribution in [0.3, 0.4) is 0 Å².